The van der Waals surface area contributed by atoms with Crippen LogP contribution < -0.4 is 4.72 Å². The minimum atomic E-state index is -3.81. The predicted octanol–water partition coefficient (Wildman–Crippen LogP) is 4.34. The highest BCUT2D eigenvalue weighted by molar-refractivity contribution is 7.92. The number of methoxy groups -OCH3 is 1. The molecule has 0 saturated carbocycles. The summed E-state index contributed by atoms with van der Waals surface area (Å²) in [5.74, 6) is -0.511. The quantitative estimate of drug-likeness (QED) is 0.499. The molecular weight excluding hydrogens is 374 g/mol. The average molecular weight is 393 g/mol. The van der Waals surface area contributed by atoms with E-state index in [-0.39, 0.29) is 4.90 Å². The van der Waals surface area contributed by atoms with Crippen LogP contribution in [0.3, 0.4) is 0 Å². The van der Waals surface area contributed by atoms with Gasteiger partial charge in [0.1, 0.15) is 0 Å². The van der Waals surface area contributed by atoms with Gasteiger partial charge in [0.05, 0.1) is 17.7 Å². The maximum atomic E-state index is 12.9. The molecule has 0 aliphatic rings. The van der Waals surface area contributed by atoms with Crippen molar-refractivity contribution >= 4 is 27.8 Å². The maximum Gasteiger partial charge on any atom is 0.330 e. The Bertz CT molecular complexity index is 1110. The summed E-state index contributed by atoms with van der Waals surface area (Å²) in [4.78, 5) is 11.3. The van der Waals surface area contributed by atoms with Crippen LogP contribution in [0.1, 0.15) is 5.56 Å². The molecule has 0 spiro atoms. The fraction of sp³-hybridized carbons (Fsp3) is 0.0455. The van der Waals surface area contributed by atoms with Crippen molar-refractivity contribution in [2.45, 2.75) is 4.90 Å². The van der Waals surface area contributed by atoms with Gasteiger partial charge < -0.3 is 4.74 Å². The van der Waals surface area contributed by atoms with Crippen LogP contribution in [-0.2, 0) is 19.6 Å². The van der Waals surface area contributed by atoms with Crippen LogP contribution in [0.15, 0.2) is 89.8 Å². The number of nitrogens with one attached hydrogen (secondary N) is 1. The third kappa shape index (κ3) is 4.66. The molecule has 142 valence electrons. The van der Waals surface area contributed by atoms with Crippen molar-refractivity contribution in [1.29, 1.82) is 0 Å². The van der Waals surface area contributed by atoms with E-state index < -0.39 is 16.0 Å². The molecule has 6 heteroatoms. The zero-order chi connectivity index (χ0) is 20.0. The minimum absolute atomic E-state index is 0.0994. The monoisotopic (exact) mass is 393 g/mol. The smallest absolute Gasteiger partial charge is 0.330 e. The Kier molecular flexibility index (Phi) is 5.91. The summed E-state index contributed by atoms with van der Waals surface area (Å²) in [5, 5.41) is 0. The first-order chi connectivity index (χ1) is 13.5. The van der Waals surface area contributed by atoms with Gasteiger partial charge in [-0.2, -0.15) is 0 Å². The van der Waals surface area contributed by atoms with Gasteiger partial charge in [0.25, 0.3) is 10.0 Å². The second-order valence-corrected chi connectivity index (χ2v) is 7.63. The number of hydrogen-bond acceptors (Lipinski definition) is 4. The number of benzene rings is 3. The second-order valence-electron chi connectivity index (χ2n) is 5.95. The Morgan fingerprint density at radius 3 is 2.39 bits per heavy atom. The molecule has 0 amide bonds. The molecule has 0 saturated heterocycles. The van der Waals surface area contributed by atoms with Crippen molar-refractivity contribution in [3.8, 4) is 11.1 Å². The number of ether oxygens (including phenoxy) is 1. The number of para-hydroxylation sites is 1. The van der Waals surface area contributed by atoms with Crippen molar-refractivity contribution in [2.24, 2.45) is 0 Å². The number of carbonyl (C=O) groups excluding carboxylic acids is 1. The van der Waals surface area contributed by atoms with Gasteiger partial charge in [-0.3, -0.25) is 4.72 Å². The lowest BCUT2D eigenvalue weighted by atomic mass is 10.0. The van der Waals surface area contributed by atoms with Gasteiger partial charge >= 0.3 is 5.97 Å². The number of carbonyl (C=O) groups is 1. The number of esters is 1. The van der Waals surface area contributed by atoms with E-state index in [2.05, 4.69) is 9.46 Å². The van der Waals surface area contributed by atoms with Crippen molar-refractivity contribution in [3.63, 3.8) is 0 Å². The molecule has 3 rings (SSSR count). The van der Waals surface area contributed by atoms with Crippen LogP contribution >= 0.6 is 0 Å². The van der Waals surface area contributed by atoms with Crippen LogP contribution in [0.25, 0.3) is 17.2 Å². The van der Waals surface area contributed by atoms with Crippen molar-refractivity contribution in [1.82, 2.24) is 0 Å². The highest BCUT2D eigenvalue weighted by Gasteiger charge is 2.16. The van der Waals surface area contributed by atoms with E-state index in [1.807, 2.05) is 42.5 Å². The Hall–Kier alpha value is -3.38. The first-order valence-electron chi connectivity index (χ1n) is 8.53. The van der Waals surface area contributed by atoms with E-state index in [4.69, 9.17) is 0 Å². The fourth-order valence-corrected chi connectivity index (χ4v) is 3.80. The molecule has 28 heavy (non-hydrogen) atoms. The van der Waals surface area contributed by atoms with Crippen molar-refractivity contribution < 1.29 is 17.9 Å². The molecule has 1 N–H and O–H groups in total. The lowest BCUT2D eigenvalue weighted by Gasteiger charge is -2.13. The molecule has 0 fully saturated rings. The minimum Gasteiger partial charge on any atom is -0.466 e. The summed E-state index contributed by atoms with van der Waals surface area (Å²) in [5.41, 5.74) is 2.76. The van der Waals surface area contributed by atoms with Crippen LogP contribution in [0.4, 0.5) is 5.69 Å². The van der Waals surface area contributed by atoms with Crippen molar-refractivity contribution in [2.75, 3.05) is 11.8 Å². The second kappa shape index (κ2) is 8.54. The topological polar surface area (TPSA) is 72.5 Å². The highest BCUT2D eigenvalue weighted by atomic mass is 32.2. The summed E-state index contributed by atoms with van der Waals surface area (Å²) < 4.78 is 33.0. The Morgan fingerprint density at radius 2 is 1.64 bits per heavy atom. The molecule has 0 heterocycles. The van der Waals surface area contributed by atoms with Gasteiger partial charge in [-0.15, -0.1) is 0 Å². The van der Waals surface area contributed by atoms with Gasteiger partial charge in [0.15, 0.2) is 0 Å². The van der Waals surface area contributed by atoms with E-state index in [0.717, 1.165) is 11.1 Å². The Morgan fingerprint density at radius 1 is 0.929 bits per heavy atom. The van der Waals surface area contributed by atoms with E-state index in [9.17, 15) is 13.2 Å². The predicted molar refractivity (Wildman–Crippen MR) is 110 cm³/mol. The van der Waals surface area contributed by atoms with Gasteiger partial charge in [-0.1, -0.05) is 60.7 Å². The SMILES string of the molecule is COC(=O)C=Cc1cccc(S(=O)(=O)Nc2ccccc2-c2ccccc2)c1. The lowest BCUT2D eigenvalue weighted by Crippen LogP contribution is -2.13. The molecule has 3 aromatic rings. The summed E-state index contributed by atoms with van der Waals surface area (Å²) in [7, 11) is -2.53. The Labute approximate surface area is 164 Å². The number of sulfonamides is 1. The molecule has 3 aromatic carbocycles. The molecule has 0 aliphatic heterocycles. The average Bonchev–Trinajstić information content (AvgIpc) is 2.73. The van der Waals surface area contributed by atoms with Crippen LogP contribution in [-0.4, -0.2) is 21.5 Å². The first kappa shape index (κ1) is 19.4. The summed E-state index contributed by atoms with van der Waals surface area (Å²) in [6.45, 7) is 0. The molecule has 5 nitrogen and oxygen atoms in total. The largest absolute Gasteiger partial charge is 0.466 e. The van der Waals surface area contributed by atoms with Gasteiger partial charge in [-0.25, -0.2) is 13.2 Å². The van der Waals surface area contributed by atoms with Crippen LogP contribution in [0.5, 0.6) is 0 Å². The third-order valence-corrected chi connectivity index (χ3v) is 5.40. The zero-order valence-electron chi connectivity index (χ0n) is 15.2. The van der Waals surface area contributed by atoms with Crippen LogP contribution in [0, 0.1) is 0 Å². The third-order valence-electron chi connectivity index (χ3n) is 4.04. The van der Waals surface area contributed by atoms with E-state index in [1.165, 1.54) is 31.4 Å². The number of hydrogen-bond donors (Lipinski definition) is 1. The van der Waals surface area contributed by atoms with Gasteiger partial charge in [-0.05, 0) is 35.4 Å². The molecular formula is C22H19NO4S. The molecule has 0 radical (unpaired) electrons. The summed E-state index contributed by atoms with van der Waals surface area (Å²) in [6, 6.07) is 23.1. The molecule has 0 aromatic heterocycles. The fourth-order valence-electron chi connectivity index (χ4n) is 2.66. The Balaban J connectivity index is 1.92. The molecule has 0 unspecified atom stereocenters. The number of anilines is 1. The number of rotatable bonds is 6. The van der Waals surface area contributed by atoms with E-state index in [1.54, 1.807) is 24.3 Å². The van der Waals surface area contributed by atoms with Gasteiger partial charge in [0, 0.05) is 11.6 Å². The zero-order valence-corrected chi connectivity index (χ0v) is 16.0. The molecule has 0 aliphatic carbocycles. The lowest BCUT2D eigenvalue weighted by molar-refractivity contribution is -0.134. The highest BCUT2D eigenvalue weighted by Crippen LogP contribution is 2.29. The maximum absolute atomic E-state index is 12.9. The molecule has 0 bridgehead atoms. The normalized spacial score (nSPS) is 11.3. The van der Waals surface area contributed by atoms with E-state index >= 15 is 0 Å². The summed E-state index contributed by atoms with van der Waals surface area (Å²) in [6.07, 6.45) is 2.74. The van der Waals surface area contributed by atoms with Crippen LogP contribution in [0.2, 0.25) is 0 Å². The van der Waals surface area contributed by atoms with E-state index in [0.29, 0.717) is 11.3 Å². The van der Waals surface area contributed by atoms with Crippen molar-refractivity contribution in [3.05, 3.63) is 90.5 Å². The molecule has 0 atom stereocenters. The standard InChI is InChI=1S/C22H19NO4S/c1-27-22(24)15-14-17-8-7-11-19(16-17)28(25,26)23-21-13-6-5-12-20(21)18-9-3-2-4-10-18/h2-16,23H,1H3. The first-order valence-corrected chi connectivity index (χ1v) is 10.0. The summed E-state index contributed by atoms with van der Waals surface area (Å²) >= 11 is 0. The van der Waals surface area contributed by atoms with Gasteiger partial charge in [0.2, 0.25) is 0 Å².